The van der Waals surface area contributed by atoms with Gasteiger partial charge in [0.2, 0.25) is 5.75 Å². The summed E-state index contributed by atoms with van der Waals surface area (Å²) in [5, 5.41) is 0.964. The highest BCUT2D eigenvalue weighted by molar-refractivity contribution is 7.99. The molecule has 0 bridgehead atoms. The maximum Gasteiger partial charge on any atom is 0.266 e. The molecule has 0 saturated carbocycles. The number of hydrogen-bond acceptors (Lipinski definition) is 7. The van der Waals surface area contributed by atoms with Crippen molar-refractivity contribution in [1.82, 2.24) is 9.55 Å². The molecule has 0 radical (unpaired) electrons. The van der Waals surface area contributed by atoms with Crippen LogP contribution < -0.4 is 19.8 Å². The Morgan fingerprint density at radius 2 is 1.60 bits per heavy atom. The van der Waals surface area contributed by atoms with E-state index in [1.165, 1.54) is 38.7 Å². The van der Waals surface area contributed by atoms with Gasteiger partial charge >= 0.3 is 0 Å². The molecule has 0 atom stereocenters. The van der Waals surface area contributed by atoms with E-state index in [9.17, 15) is 9.59 Å². The van der Waals surface area contributed by atoms with Crippen molar-refractivity contribution in [1.29, 1.82) is 0 Å². The van der Waals surface area contributed by atoms with E-state index in [1.54, 1.807) is 28.8 Å². The molecular formula is C27H26N2O5S. The van der Waals surface area contributed by atoms with Gasteiger partial charge in [-0.2, -0.15) is 0 Å². The number of benzene rings is 3. The Balaban J connectivity index is 1.72. The number of carbonyl (C=O) groups is 1. The first-order chi connectivity index (χ1) is 17.0. The fraction of sp³-hybridized carbons (Fsp3) is 0.222. The molecular weight excluding hydrogens is 464 g/mol. The van der Waals surface area contributed by atoms with Crippen LogP contribution in [-0.4, -0.2) is 42.4 Å². The number of Topliss-reactive ketones (excluding diaryl/α,β-unsaturated/α-hetero) is 1. The fourth-order valence-electron chi connectivity index (χ4n) is 3.77. The van der Waals surface area contributed by atoms with Crippen LogP contribution in [0.25, 0.3) is 16.6 Å². The number of para-hydroxylation sites is 1. The van der Waals surface area contributed by atoms with Crippen LogP contribution >= 0.6 is 11.8 Å². The average Bonchev–Trinajstić information content (AvgIpc) is 2.91. The van der Waals surface area contributed by atoms with E-state index in [0.29, 0.717) is 44.6 Å². The van der Waals surface area contributed by atoms with Crippen molar-refractivity contribution in [3.63, 3.8) is 0 Å². The number of nitrogens with zero attached hydrogens (tertiary/aromatic N) is 2. The van der Waals surface area contributed by atoms with Crippen molar-refractivity contribution in [2.45, 2.75) is 18.5 Å². The van der Waals surface area contributed by atoms with Crippen LogP contribution in [0, 0.1) is 0 Å². The molecule has 0 aliphatic carbocycles. The molecule has 0 unspecified atom stereocenters. The second-order valence-corrected chi connectivity index (χ2v) is 8.64. The Kier molecular flexibility index (Phi) is 7.41. The van der Waals surface area contributed by atoms with Gasteiger partial charge in [-0.1, -0.05) is 43.0 Å². The van der Waals surface area contributed by atoms with Gasteiger partial charge in [-0.3, -0.25) is 14.2 Å². The van der Waals surface area contributed by atoms with Gasteiger partial charge in [0, 0.05) is 5.56 Å². The Morgan fingerprint density at radius 1 is 0.943 bits per heavy atom. The molecule has 1 heterocycles. The molecule has 4 aromatic rings. The quantitative estimate of drug-likeness (QED) is 0.187. The standard InChI is InChI=1S/C27H26N2O5S/c1-5-17-10-12-19(13-11-17)29-26(31)20-8-6-7-9-21(20)28-27(29)35-16-22(30)18-14-23(32-2)25(34-4)24(15-18)33-3/h6-15H,5,16H2,1-4H3. The first-order valence-electron chi connectivity index (χ1n) is 11.1. The van der Waals surface area contributed by atoms with Crippen LogP contribution in [0.3, 0.4) is 0 Å². The van der Waals surface area contributed by atoms with E-state index in [-0.39, 0.29) is 17.1 Å². The maximum absolute atomic E-state index is 13.4. The third-order valence-corrected chi connectivity index (χ3v) is 6.61. The van der Waals surface area contributed by atoms with Crippen molar-refractivity contribution in [2.24, 2.45) is 0 Å². The first-order valence-corrected chi connectivity index (χ1v) is 12.1. The van der Waals surface area contributed by atoms with Gasteiger partial charge in [-0.15, -0.1) is 0 Å². The molecule has 0 amide bonds. The minimum atomic E-state index is -0.178. The smallest absolute Gasteiger partial charge is 0.266 e. The summed E-state index contributed by atoms with van der Waals surface area (Å²) in [6, 6.07) is 18.2. The predicted octanol–water partition coefficient (Wildman–Crippen LogP) is 4.95. The van der Waals surface area contributed by atoms with E-state index >= 15 is 0 Å². The summed E-state index contributed by atoms with van der Waals surface area (Å²) >= 11 is 1.21. The second-order valence-electron chi connectivity index (χ2n) is 7.70. The van der Waals surface area contributed by atoms with E-state index in [0.717, 1.165) is 6.42 Å². The molecule has 35 heavy (non-hydrogen) atoms. The number of ether oxygens (including phenoxy) is 3. The predicted molar refractivity (Wildman–Crippen MR) is 138 cm³/mol. The summed E-state index contributed by atoms with van der Waals surface area (Å²) in [4.78, 5) is 31.3. The van der Waals surface area contributed by atoms with Crippen molar-refractivity contribution in [2.75, 3.05) is 27.1 Å². The Bertz CT molecular complexity index is 1410. The molecule has 3 aromatic carbocycles. The third kappa shape index (κ3) is 4.88. The highest BCUT2D eigenvalue weighted by Gasteiger charge is 2.19. The van der Waals surface area contributed by atoms with Crippen LogP contribution in [0.4, 0.5) is 0 Å². The minimum Gasteiger partial charge on any atom is -0.493 e. The zero-order valence-electron chi connectivity index (χ0n) is 20.0. The molecule has 8 heteroatoms. The number of aryl methyl sites for hydroxylation is 1. The molecule has 1 aromatic heterocycles. The van der Waals surface area contributed by atoms with Crippen molar-refractivity contribution in [3.05, 3.63) is 82.1 Å². The molecule has 0 saturated heterocycles. The highest BCUT2D eigenvalue weighted by atomic mass is 32.2. The first kappa shape index (κ1) is 24.3. The second kappa shape index (κ2) is 10.7. The number of methoxy groups -OCH3 is 3. The molecule has 7 nitrogen and oxygen atoms in total. The Labute approximate surface area is 207 Å². The van der Waals surface area contributed by atoms with Crippen LogP contribution in [0.1, 0.15) is 22.8 Å². The number of carbonyl (C=O) groups excluding carboxylic acids is 1. The maximum atomic E-state index is 13.4. The number of hydrogen-bond donors (Lipinski definition) is 0. The Morgan fingerprint density at radius 3 is 2.20 bits per heavy atom. The molecule has 180 valence electrons. The normalized spacial score (nSPS) is 10.9. The lowest BCUT2D eigenvalue weighted by Crippen LogP contribution is -2.22. The third-order valence-electron chi connectivity index (χ3n) is 5.67. The lowest BCUT2D eigenvalue weighted by molar-refractivity contribution is 0.102. The van der Waals surface area contributed by atoms with Crippen LogP contribution in [0.15, 0.2) is 70.6 Å². The summed E-state index contributed by atoms with van der Waals surface area (Å²) in [5.74, 6) is 1.12. The summed E-state index contributed by atoms with van der Waals surface area (Å²) in [7, 11) is 4.51. The number of aromatic nitrogens is 2. The average molecular weight is 491 g/mol. The number of ketones is 1. The molecule has 0 aliphatic heterocycles. The summed E-state index contributed by atoms with van der Waals surface area (Å²) < 4.78 is 17.6. The SMILES string of the molecule is CCc1ccc(-n2c(SCC(=O)c3cc(OC)c(OC)c(OC)c3)nc3ccccc3c2=O)cc1. The van der Waals surface area contributed by atoms with Gasteiger partial charge < -0.3 is 14.2 Å². The topological polar surface area (TPSA) is 79.7 Å². The monoisotopic (exact) mass is 490 g/mol. The lowest BCUT2D eigenvalue weighted by Gasteiger charge is -2.15. The van der Waals surface area contributed by atoms with Gasteiger partial charge in [-0.05, 0) is 48.4 Å². The molecule has 0 N–H and O–H groups in total. The minimum absolute atomic E-state index is 0.0659. The van der Waals surface area contributed by atoms with Crippen molar-refractivity contribution in [3.8, 4) is 22.9 Å². The number of fused-ring (bicyclic) bond motifs is 1. The molecule has 0 aliphatic rings. The van der Waals surface area contributed by atoms with Crippen LogP contribution in [-0.2, 0) is 6.42 Å². The number of rotatable bonds is 9. The van der Waals surface area contributed by atoms with Gasteiger partial charge in [0.15, 0.2) is 22.4 Å². The van der Waals surface area contributed by atoms with E-state index in [2.05, 4.69) is 6.92 Å². The molecule has 0 spiro atoms. The molecule has 4 rings (SSSR count). The lowest BCUT2D eigenvalue weighted by atomic mass is 10.1. The van der Waals surface area contributed by atoms with Gasteiger partial charge in [0.1, 0.15) is 0 Å². The van der Waals surface area contributed by atoms with E-state index in [1.807, 2.05) is 36.4 Å². The van der Waals surface area contributed by atoms with E-state index in [4.69, 9.17) is 19.2 Å². The fourth-order valence-corrected chi connectivity index (χ4v) is 4.68. The summed E-state index contributed by atoms with van der Waals surface area (Å²) in [5.41, 5.74) is 2.69. The van der Waals surface area contributed by atoms with E-state index < -0.39 is 0 Å². The molecule has 0 fully saturated rings. The number of thioether (sulfide) groups is 1. The van der Waals surface area contributed by atoms with Crippen molar-refractivity contribution >= 4 is 28.4 Å². The van der Waals surface area contributed by atoms with Gasteiger partial charge in [0.05, 0.1) is 43.7 Å². The largest absolute Gasteiger partial charge is 0.493 e. The van der Waals surface area contributed by atoms with Crippen molar-refractivity contribution < 1.29 is 19.0 Å². The zero-order chi connectivity index (χ0) is 24.9. The van der Waals surface area contributed by atoms with Gasteiger partial charge in [0.25, 0.3) is 5.56 Å². The summed E-state index contributed by atoms with van der Waals surface area (Å²) in [6.45, 7) is 2.08. The zero-order valence-corrected chi connectivity index (χ0v) is 20.8. The Hall–Kier alpha value is -3.78. The van der Waals surface area contributed by atoms with Crippen LogP contribution in [0.5, 0.6) is 17.2 Å². The van der Waals surface area contributed by atoms with Crippen LogP contribution in [0.2, 0.25) is 0 Å². The highest BCUT2D eigenvalue weighted by Crippen LogP contribution is 2.38. The van der Waals surface area contributed by atoms with Gasteiger partial charge in [-0.25, -0.2) is 4.98 Å². The summed E-state index contributed by atoms with van der Waals surface area (Å²) in [6.07, 6.45) is 0.899.